The number of carbonyl (C=O) groups is 3. The van der Waals surface area contributed by atoms with Crippen molar-refractivity contribution in [1.82, 2.24) is 0 Å². The maximum Gasteiger partial charge on any atom is 0.307 e. The zero-order chi connectivity index (χ0) is 17.1. The molecule has 1 aromatic carbocycles. The molecule has 0 fully saturated rings. The van der Waals surface area contributed by atoms with Crippen LogP contribution in [0.3, 0.4) is 0 Å². The largest absolute Gasteiger partial charge is 0.457 e. The molecule has 0 radical (unpaired) electrons. The number of rotatable bonds is 5. The molecule has 1 aliphatic rings. The third-order valence-electron chi connectivity index (χ3n) is 3.27. The minimum Gasteiger partial charge on any atom is -0.457 e. The number of para-hydroxylation sites is 1. The summed E-state index contributed by atoms with van der Waals surface area (Å²) in [5, 5.41) is 2.19. The summed E-state index contributed by atoms with van der Waals surface area (Å²) in [6.45, 7) is -0.356. The van der Waals surface area contributed by atoms with Crippen molar-refractivity contribution >= 4 is 58.0 Å². The number of nitrogens with one attached hydrogen (secondary N) is 1. The van der Waals surface area contributed by atoms with Gasteiger partial charge in [0.15, 0.2) is 6.61 Å². The molecule has 124 valence electrons. The van der Waals surface area contributed by atoms with E-state index in [-0.39, 0.29) is 24.7 Å². The van der Waals surface area contributed by atoms with E-state index in [0.717, 1.165) is 21.9 Å². The van der Waals surface area contributed by atoms with E-state index in [1.54, 1.807) is 18.2 Å². The summed E-state index contributed by atoms with van der Waals surface area (Å²) in [6, 6.07) is 10.6. The van der Waals surface area contributed by atoms with Crippen LogP contribution in [0.4, 0.5) is 5.69 Å². The monoisotopic (exact) mass is 381 g/mol. The van der Waals surface area contributed by atoms with Gasteiger partial charge in [-0.3, -0.25) is 14.4 Å². The molecule has 3 rings (SSSR count). The summed E-state index contributed by atoms with van der Waals surface area (Å²) in [5.41, 5.74) is 0.738. The summed E-state index contributed by atoms with van der Waals surface area (Å²) in [7, 11) is 0. The van der Waals surface area contributed by atoms with E-state index in [1.807, 2.05) is 18.2 Å². The van der Waals surface area contributed by atoms with Gasteiger partial charge in [-0.1, -0.05) is 23.7 Å². The van der Waals surface area contributed by atoms with Gasteiger partial charge >= 0.3 is 5.97 Å². The van der Waals surface area contributed by atoms with Crippen molar-refractivity contribution in [3.63, 3.8) is 0 Å². The molecule has 0 saturated carbocycles. The molecule has 2 heterocycles. The number of thiophene rings is 1. The first kappa shape index (κ1) is 17.0. The van der Waals surface area contributed by atoms with Crippen molar-refractivity contribution in [2.75, 3.05) is 11.9 Å². The number of anilines is 1. The van der Waals surface area contributed by atoms with Crippen LogP contribution in [0, 0.1) is 0 Å². The van der Waals surface area contributed by atoms with E-state index in [2.05, 4.69) is 5.32 Å². The third kappa shape index (κ3) is 3.98. The lowest BCUT2D eigenvalue weighted by molar-refractivity contribution is -0.143. The van der Waals surface area contributed by atoms with Crippen molar-refractivity contribution in [1.29, 1.82) is 0 Å². The number of benzene rings is 1. The molecule has 0 spiro atoms. The highest BCUT2D eigenvalue weighted by Gasteiger charge is 2.29. The van der Waals surface area contributed by atoms with Crippen LogP contribution in [-0.2, 0) is 14.3 Å². The predicted octanol–water partition coefficient (Wildman–Crippen LogP) is 3.63. The van der Waals surface area contributed by atoms with E-state index in [0.29, 0.717) is 9.21 Å². The summed E-state index contributed by atoms with van der Waals surface area (Å²) in [5.74, 6) is -1.14. The Kier molecular flexibility index (Phi) is 5.23. The molecule has 24 heavy (non-hydrogen) atoms. The molecule has 0 unspecified atom stereocenters. The van der Waals surface area contributed by atoms with E-state index >= 15 is 0 Å². The number of halogens is 1. The average Bonchev–Trinajstić information content (AvgIpc) is 3.00. The van der Waals surface area contributed by atoms with Gasteiger partial charge in [-0.2, -0.15) is 0 Å². The number of ketones is 1. The highest BCUT2D eigenvalue weighted by atomic mass is 35.5. The number of fused-ring (bicyclic) bond motifs is 1. The summed E-state index contributed by atoms with van der Waals surface area (Å²) in [4.78, 5) is 37.2. The Labute approximate surface area is 151 Å². The molecule has 0 saturated heterocycles. The summed E-state index contributed by atoms with van der Waals surface area (Å²) in [6.07, 6.45) is -0.0939. The lowest BCUT2D eigenvalue weighted by Gasteiger charge is -2.23. The van der Waals surface area contributed by atoms with Gasteiger partial charge in [0.25, 0.3) is 0 Å². The molecule has 0 aliphatic carbocycles. The number of ether oxygens (including phenoxy) is 1. The molecule has 2 aromatic rings. The van der Waals surface area contributed by atoms with Gasteiger partial charge in [0.2, 0.25) is 11.7 Å². The lowest BCUT2D eigenvalue weighted by atomic mass is 10.2. The Morgan fingerprint density at radius 2 is 2.00 bits per heavy atom. The van der Waals surface area contributed by atoms with Gasteiger partial charge in [0, 0.05) is 4.90 Å². The second-order valence-corrected chi connectivity index (χ2v) is 7.94. The molecule has 1 aliphatic heterocycles. The standard InChI is InChI=1S/C16H12ClNO4S2/c17-14-6-5-12(24-14)10(19)8-22-15(20)7-13-16(21)18-9-3-1-2-4-11(9)23-13/h1-6,13H,7-8H2,(H,18,21)/t13-/m1/s1. The van der Waals surface area contributed by atoms with Crippen LogP contribution in [0.2, 0.25) is 4.34 Å². The van der Waals surface area contributed by atoms with Crippen molar-refractivity contribution in [3.05, 3.63) is 45.6 Å². The first-order valence-corrected chi connectivity index (χ1v) is 9.11. The van der Waals surface area contributed by atoms with Crippen molar-refractivity contribution in [3.8, 4) is 0 Å². The SMILES string of the molecule is O=C(C[C@H]1Sc2ccccc2NC1=O)OCC(=O)c1ccc(Cl)s1. The van der Waals surface area contributed by atoms with Crippen LogP contribution in [0.1, 0.15) is 16.1 Å². The number of thioether (sulfide) groups is 1. The van der Waals surface area contributed by atoms with Gasteiger partial charge < -0.3 is 10.1 Å². The molecule has 1 amide bonds. The highest BCUT2D eigenvalue weighted by Crippen LogP contribution is 2.36. The quantitative estimate of drug-likeness (QED) is 0.632. The summed E-state index contributed by atoms with van der Waals surface area (Å²) < 4.78 is 5.49. The van der Waals surface area contributed by atoms with Crippen LogP contribution in [0.5, 0.6) is 0 Å². The second-order valence-electron chi connectivity index (χ2n) is 4.98. The fourth-order valence-corrected chi connectivity index (χ4v) is 4.18. The number of Topliss-reactive ketones (excluding diaryl/α,β-unsaturated/α-hetero) is 1. The number of esters is 1. The second kappa shape index (κ2) is 7.38. The predicted molar refractivity (Wildman–Crippen MR) is 94.0 cm³/mol. The van der Waals surface area contributed by atoms with Gasteiger partial charge in [0.05, 0.1) is 26.6 Å². The molecule has 0 bridgehead atoms. The van der Waals surface area contributed by atoms with E-state index in [1.165, 1.54) is 11.8 Å². The van der Waals surface area contributed by atoms with E-state index in [9.17, 15) is 14.4 Å². The molecule has 1 N–H and O–H groups in total. The Morgan fingerprint density at radius 1 is 1.21 bits per heavy atom. The normalized spacial score (nSPS) is 16.2. The number of hydrogen-bond donors (Lipinski definition) is 1. The Balaban J connectivity index is 1.54. The summed E-state index contributed by atoms with van der Waals surface area (Å²) >= 11 is 8.21. The first-order valence-electron chi connectivity index (χ1n) is 7.03. The van der Waals surface area contributed by atoms with Crippen LogP contribution in [0.25, 0.3) is 0 Å². The maximum absolute atomic E-state index is 12.0. The molecule has 1 atom stereocenters. The molecule has 5 nitrogen and oxygen atoms in total. The van der Waals surface area contributed by atoms with Crippen LogP contribution >= 0.6 is 34.7 Å². The van der Waals surface area contributed by atoms with Gasteiger partial charge in [0.1, 0.15) is 0 Å². The van der Waals surface area contributed by atoms with Crippen molar-refractivity contribution in [2.45, 2.75) is 16.6 Å². The zero-order valence-corrected chi connectivity index (χ0v) is 14.7. The Hall–Kier alpha value is -1.83. The Morgan fingerprint density at radius 3 is 2.75 bits per heavy atom. The smallest absolute Gasteiger partial charge is 0.307 e. The maximum atomic E-state index is 12.0. The highest BCUT2D eigenvalue weighted by molar-refractivity contribution is 8.01. The Bertz CT molecular complexity index is 805. The zero-order valence-electron chi connectivity index (χ0n) is 12.3. The topological polar surface area (TPSA) is 72.5 Å². The molecule has 1 aromatic heterocycles. The van der Waals surface area contributed by atoms with Crippen LogP contribution in [-0.4, -0.2) is 29.5 Å². The lowest BCUT2D eigenvalue weighted by Crippen LogP contribution is -2.31. The molecular weight excluding hydrogens is 370 g/mol. The fourth-order valence-electron chi connectivity index (χ4n) is 2.12. The van der Waals surface area contributed by atoms with Gasteiger partial charge in [-0.05, 0) is 24.3 Å². The molecular formula is C16H12ClNO4S2. The van der Waals surface area contributed by atoms with E-state index < -0.39 is 11.2 Å². The van der Waals surface area contributed by atoms with Crippen LogP contribution < -0.4 is 5.32 Å². The van der Waals surface area contributed by atoms with Crippen LogP contribution in [0.15, 0.2) is 41.3 Å². The number of hydrogen-bond acceptors (Lipinski definition) is 6. The average molecular weight is 382 g/mol. The van der Waals surface area contributed by atoms with Crippen molar-refractivity contribution in [2.24, 2.45) is 0 Å². The number of carbonyl (C=O) groups excluding carboxylic acids is 3. The van der Waals surface area contributed by atoms with E-state index in [4.69, 9.17) is 16.3 Å². The third-order valence-corrected chi connectivity index (χ3v) is 5.82. The van der Waals surface area contributed by atoms with Crippen molar-refractivity contribution < 1.29 is 19.1 Å². The van der Waals surface area contributed by atoms with Gasteiger partial charge in [-0.25, -0.2) is 0 Å². The first-order chi connectivity index (χ1) is 11.5. The number of amides is 1. The minimum atomic E-state index is -0.585. The fraction of sp³-hybridized carbons (Fsp3) is 0.188. The molecule has 8 heteroatoms. The van der Waals surface area contributed by atoms with Gasteiger partial charge in [-0.15, -0.1) is 23.1 Å². The minimum absolute atomic E-state index is 0.0939.